The number of non-ortho nitro benzene ring substituents is 1. The Balaban J connectivity index is 1.67. The van der Waals surface area contributed by atoms with Crippen molar-refractivity contribution in [3.05, 3.63) is 94.0 Å². The van der Waals surface area contributed by atoms with Gasteiger partial charge in [0, 0.05) is 12.1 Å². The van der Waals surface area contributed by atoms with Crippen molar-refractivity contribution in [2.24, 2.45) is 4.40 Å². The van der Waals surface area contributed by atoms with E-state index in [0.29, 0.717) is 5.75 Å². The van der Waals surface area contributed by atoms with Crippen LogP contribution in [0.25, 0.3) is 0 Å². The number of nitro groups is 1. The van der Waals surface area contributed by atoms with Gasteiger partial charge in [0.25, 0.3) is 15.7 Å². The summed E-state index contributed by atoms with van der Waals surface area (Å²) in [6.45, 7) is 0. The molecule has 3 aromatic rings. The van der Waals surface area contributed by atoms with Crippen molar-refractivity contribution in [1.29, 1.82) is 0 Å². The van der Waals surface area contributed by atoms with Crippen LogP contribution in [0.15, 0.2) is 82.1 Å². The van der Waals surface area contributed by atoms with E-state index in [2.05, 4.69) is 4.40 Å². The first kappa shape index (κ1) is 19.3. The molecule has 0 aromatic heterocycles. The van der Waals surface area contributed by atoms with Crippen LogP contribution in [-0.4, -0.2) is 25.2 Å². The van der Waals surface area contributed by atoms with E-state index in [1.807, 2.05) is 0 Å². The van der Waals surface area contributed by atoms with Crippen LogP contribution in [0, 0.1) is 10.1 Å². The zero-order valence-electron chi connectivity index (χ0n) is 15.1. The number of sulfonamides is 1. The molecule has 1 aliphatic heterocycles. The van der Waals surface area contributed by atoms with Crippen molar-refractivity contribution in [3.63, 3.8) is 0 Å². The second-order valence-corrected chi connectivity index (χ2v) is 7.68. The van der Waals surface area contributed by atoms with Gasteiger partial charge >= 0.3 is 5.97 Å². The molecule has 0 bridgehead atoms. The minimum atomic E-state index is -4.17. The number of nitro benzene ring substituents is 1. The third kappa shape index (κ3) is 3.63. The lowest BCUT2D eigenvalue weighted by atomic mass is 10.2. The zero-order valence-corrected chi connectivity index (χ0v) is 15.9. The molecule has 150 valence electrons. The van der Waals surface area contributed by atoms with Crippen molar-refractivity contribution in [3.8, 4) is 11.5 Å². The number of carbonyl (C=O) groups is 1. The number of fused-ring (bicyclic) bond motifs is 1. The predicted molar refractivity (Wildman–Crippen MR) is 105 cm³/mol. The van der Waals surface area contributed by atoms with Crippen molar-refractivity contribution in [2.45, 2.75) is 4.90 Å². The number of rotatable bonds is 4. The fourth-order valence-electron chi connectivity index (χ4n) is 2.77. The topological polar surface area (TPSA) is 125 Å². The van der Waals surface area contributed by atoms with Gasteiger partial charge in [-0.05, 0) is 30.3 Å². The predicted octanol–water partition coefficient (Wildman–Crippen LogP) is 3.34. The quantitative estimate of drug-likeness (QED) is 0.272. The molecule has 9 nitrogen and oxygen atoms in total. The summed E-state index contributed by atoms with van der Waals surface area (Å²) in [5.74, 6) is -0.642. The van der Waals surface area contributed by atoms with Gasteiger partial charge in [-0.2, -0.15) is 8.42 Å². The lowest BCUT2D eigenvalue weighted by Crippen LogP contribution is -2.14. The molecule has 0 saturated heterocycles. The Morgan fingerprint density at radius 1 is 0.967 bits per heavy atom. The third-order valence-corrected chi connectivity index (χ3v) is 5.45. The Morgan fingerprint density at radius 2 is 1.67 bits per heavy atom. The van der Waals surface area contributed by atoms with E-state index >= 15 is 0 Å². The van der Waals surface area contributed by atoms with Gasteiger partial charge < -0.3 is 9.47 Å². The number of nitrogens with zero attached hydrogens (tertiary/aromatic N) is 2. The monoisotopic (exact) mass is 424 g/mol. The van der Waals surface area contributed by atoms with Crippen LogP contribution in [0.1, 0.15) is 15.9 Å². The van der Waals surface area contributed by atoms with Crippen molar-refractivity contribution >= 4 is 27.6 Å². The Hall–Kier alpha value is -4.05. The number of benzene rings is 3. The number of ether oxygens (including phenoxy) is 2. The number of esters is 1. The first-order valence-electron chi connectivity index (χ1n) is 8.53. The lowest BCUT2D eigenvalue weighted by Gasteiger charge is -2.10. The molecule has 0 N–H and O–H groups in total. The maximum Gasteiger partial charge on any atom is 0.347 e. The molecule has 0 aliphatic carbocycles. The average Bonchev–Trinajstić information content (AvgIpc) is 2.98. The van der Waals surface area contributed by atoms with Gasteiger partial charge in [-0.1, -0.05) is 30.3 Å². The summed E-state index contributed by atoms with van der Waals surface area (Å²) < 4.78 is 39.1. The zero-order chi connectivity index (χ0) is 21.3. The highest BCUT2D eigenvalue weighted by Crippen LogP contribution is 2.32. The summed E-state index contributed by atoms with van der Waals surface area (Å²) in [4.78, 5) is 22.5. The fraction of sp³-hybridized carbons (Fsp3) is 0. The molecule has 0 spiro atoms. The average molecular weight is 424 g/mol. The SMILES string of the molecule is O=C(Oc1ccccc1)c1ccccc1OC1=NS(=O)(=O)c2cc([N+](=O)[O-])ccc21. The molecule has 0 radical (unpaired) electrons. The standard InChI is InChI=1S/C20H12N2O7S/c23-20(28-14-6-2-1-3-7-14)15-8-4-5-9-17(15)29-19-16-11-10-13(22(24)25)12-18(16)30(26,27)21-19/h1-12H. The number of hydrogen-bond acceptors (Lipinski definition) is 7. The van der Waals surface area contributed by atoms with E-state index < -0.39 is 20.9 Å². The van der Waals surface area contributed by atoms with E-state index in [0.717, 1.165) is 12.1 Å². The smallest absolute Gasteiger partial charge is 0.347 e. The first-order valence-corrected chi connectivity index (χ1v) is 9.97. The van der Waals surface area contributed by atoms with Crippen LogP contribution in [0.3, 0.4) is 0 Å². The fourth-order valence-corrected chi connectivity index (χ4v) is 3.93. The molecule has 1 aliphatic rings. The molecule has 0 atom stereocenters. The molecule has 30 heavy (non-hydrogen) atoms. The minimum Gasteiger partial charge on any atom is -0.437 e. The molecule has 0 unspecified atom stereocenters. The van der Waals surface area contributed by atoms with Crippen LogP contribution < -0.4 is 9.47 Å². The van der Waals surface area contributed by atoms with Crippen LogP contribution >= 0.6 is 0 Å². The van der Waals surface area contributed by atoms with E-state index in [4.69, 9.17) is 9.47 Å². The highest BCUT2D eigenvalue weighted by atomic mass is 32.2. The Labute approximate surface area is 170 Å². The summed E-state index contributed by atoms with van der Waals surface area (Å²) in [7, 11) is -4.17. The second-order valence-electron chi connectivity index (χ2n) is 6.11. The third-order valence-electron chi connectivity index (χ3n) is 4.15. The lowest BCUT2D eigenvalue weighted by molar-refractivity contribution is -0.385. The van der Waals surface area contributed by atoms with Crippen LogP contribution in [0.5, 0.6) is 11.5 Å². The van der Waals surface area contributed by atoms with Gasteiger partial charge in [0.2, 0.25) is 5.90 Å². The molecule has 0 saturated carbocycles. The normalized spacial score (nSPS) is 13.8. The molecule has 1 heterocycles. The number of para-hydroxylation sites is 2. The summed E-state index contributed by atoms with van der Waals surface area (Å²) in [5.41, 5.74) is -0.274. The molecular weight excluding hydrogens is 412 g/mol. The van der Waals surface area contributed by atoms with Crippen molar-refractivity contribution < 1.29 is 27.6 Å². The van der Waals surface area contributed by atoms with Crippen LogP contribution in [-0.2, 0) is 10.0 Å². The summed E-state index contributed by atoms with van der Waals surface area (Å²) in [5, 5.41) is 10.9. The second kappa shape index (κ2) is 7.41. The van der Waals surface area contributed by atoms with Gasteiger partial charge in [-0.25, -0.2) is 4.79 Å². The molecule has 10 heteroatoms. The van der Waals surface area contributed by atoms with E-state index in [9.17, 15) is 23.3 Å². The first-order chi connectivity index (χ1) is 14.3. The summed E-state index contributed by atoms with van der Waals surface area (Å²) in [6, 6.07) is 17.8. The Morgan fingerprint density at radius 3 is 2.40 bits per heavy atom. The van der Waals surface area contributed by atoms with Gasteiger partial charge in [0.1, 0.15) is 22.0 Å². The van der Waals surface area contributed by atoms with E-state index in [1.165, 1.54) is 18.2 Å². The summed E-state index contributed by atoms with van der Waals surface area (Å²) in [6.07, 6.45) is 0. The largest absolute Gasteiger partial charge is 0.437 e. The number of hydrogen-bond donors (Lipinski definition) is 0. The van der Waals surface area contributed by atoms with Gasteiger partial charge in [0.05, 0.1) is 10.5 Å². The van der Waals surface area contributed by atoms with E-state index in [1.54, 1.807) is 42.5 Å². The molecule has 0 fully saturated rings. The minimum absolute atomic E-state index is 0.0265. The van der Waals surface area contributed by atoms with Gasteiger partial charge in [-0.15, -0.1) is 4.40 Å². The highest BCUT2D eigenvalue weighted by Gasteiger charge is 2.33. The Kier molecular flexibility index (Phi) is 4.76. The molecular formula is C20H12N2O7S. The maximum atomic E-state index is 12.6. The molecule has 3 aromatic carbocycles. The molecule has 4 rings (SSSR count). The van der Waals surface area contributed by atoms with E-state index in [-0.39, 0.29) is 33.4 Å². The Bertz CT molecular complexity index is 1300. The van der Waals surface area contributed by atoms with Gasteiger partial charge in [0.15, 0.2) is 0 Å². The summed E-state index contributed by atoms with van der Waals surface area (Å²) >= 11 is 0. The van der Waals surface area contributed by atoms with Gasteiger partial charge in [-0.3, -0.25) is 10.1 Å². The van der Waals surface area contributed by atoms with Crippen LogP contribution in [0.4, 0.5) is 5.69 Å². The number of carbonyl (C=O) groups excluding carboxylic acids is 1. The molecule has 0 amide bonds. The van der Waals surface area contributed by atoms with Crippen molar-refractivity contribution in [1.82, 2.24) is 0 Å². The maximum absolute atomic E-state index is 12.6. The van der Waals surface area contributed by atoms with Crippen LogP contribution in [0.2, 0.25) is 0 Å². The highest BCUT2D eigenvalue weighted by molar-refractivity contribution is 7.90. The van der Waals surface area contributed by atoms with Crippen molar-refractivity contribution in [2.75, 3.05) is 0 Å².